The fourth-order valence-corrected chi connectivity index (χ4v) is 2.12. The largest absolute Gasteiger partial charge is 0.369 e. The van der Waals surface area contributed by atoms with Gasteiger partial charge in [0.15, 0.2) is 0 Å². The zero-order valence-corrected chi connectivity index (χ0v) is 11.8. The van der Waals surface area contributed by atoms with Gasteiger partial charge in [0.2, 0.25) is 0 Å². The minimum absolute atomic E-state index is 0.510. The van der Waals surface area contributed by atoms with Crippen molar-refractivity contribution >= 4 is 0 Å². The van der Waals surface area contributed by atoms with Crippen LogP contribution in [-0.4, -0.2) is 12.2 Å². The maximum atomic E-state index is 5.66. The molecule has 0 radical (unpaired) electrons. The van der Waals surface area contributed by atoms with Crippen LogP contribution in [0.3, 0.4) is 0 Å². The van der Waals surface area contributed by atoms with Gasteiger partial charge in [0.1, 0.15) is 0 Å². The number of unbranched alkanes of at least 4 members (excludes halogenated alkanes) is 3. The first-order valence-corrected chi connectivity index (χ1v) is 7.44. The van der Waals surface area contributed by atoms with Crippen molar-refractivity contribution < 1.29 is 4.74 Å². The fraction of sp³-hybridized carbons (Fsp3) is 0.647. The molecule has 18 heavy (non-hydrogen) atoms. The van der Waals surface area contributed by atoms with Crippen LogP contribution in [0.15, 0.2) is 37.0 Å². The van der Waals surface area contributed by atoms with Crippen molar-refractivity contribution in [3.8, 4) is 0 Å². The van der Waals surface area contributed by atoms with Crippen LogP contribution >= 0.6 is 0 Å². The molecule has 0 aromatic carbocycles. The second kappa shape index (κ2) is 10.1. The summed E-state index contributed by atoms with van der Waals surface area (Å²) in [6, 6.07) is 0. The minimum atomic E-state index is 0.510. The Balaban J connectivity index is 1.90. The lowest BCUT2D eigenvalue weighted by Gasteiger charge is -1.95. The minimum Gasteiger partial charge on any atom is -0.369 e. The molecule has 0 bridgehead atoms. The van der Waals surface area contributed by atoms with E-state index in [1.165, 1.54) is 25.7 Å². The van der Waals surface area contributed by atoms with Crippen LogP contribution in [-0.2, 0) is 4.74 Å². The van der Waals surface area contributed by atoms with Crippen molar-refractivity contribution in [1.82, 2.24) is 0 Å². The Hall–Kier alpha value is -0.820. The van der Waals surface area contributed by atoms with E-state index in [0.717, 1.165) is 25.7 Å². The lowest BCUT2D eigenvalue weighted by molar-refractivity contribution is 0.359. The van der Waals surface area contributed by atoms with Crippen LogP contribution in [0.4, 0.5) is 0 Å². The molecule has 0 unspecified atom stereocenters. The predicted octanol–water partition coefficient (Wildman–Crippen LogP) is 5.19. The Bertz CT molecular complexity index is 265. The van der Waals surface area contributed by atoms with E-state index in [-0.39, 0.29) is 0 Å². The summed E-state index contributed by atoms with van der Waals surface area (Å²) >= 11 is 0. The van der Waals surface area contributed by atoms with Gasteiger partial charge in [0.25, 0.3) is 0 Å². The van der Waals surface area contributed by atoms with E-state index in [4.69, 9.17) is 4.74 Å². The molecule has 1 heterocycles. The van der Waals surface area contributed by atoms with Gasteiger partial charge >= 0.3 is 0 Å². The summed E-state index contributed by atoms with van der Waals surface area (Å²) in [5.41, 5.74) is 0. The third-order valence-corrected chi connectivity index (χ3v) is 3.29. The van der Waals surface area contributed by atoms with Crippen LogP contribution in [0.1, 0.15) is 58.3 Å². The first-order valence-electron chi connectivity index (χ1n) is 7.44. The summed E-state index contributed by atoms with van der Waals surface area (Å²) in [4.78, 5) is 0. The fourth-order valence-electron chi connectivity index (χ4n) is 2.12. The zero-order valence-electron chi connectivity index (χ0n) is 11.8. The molecule has 1 aliphatic rings. The first kappa shape index (κ1) is 15.2. The van der Waals surface area contributed by atoms with Gasteiger partial charge in [-0.3, -0.25) is 0 Å². The molecule has 0 spiro atoms. The molecular weight excluding hydrogens is 220 g/mol. The van der Waals surface area contributed by atoms with E-state index < -0.39 is 0 Å². The number of rotatable bonds is 11. The SMILES string of the molecule is C=CCCCCC[C@H]1O[C@H]1CC=CCC=CCC. The highest BCUT2D eigenvalue weighted by atomic mass is 16.6. The molecule has 1 aliphatic heterocycles. The van der Waals surface area contributed by atoms with Crippen molar-refractivity contribution in [3.05, 3.63) is 37.0 Å². The molecule has 0 amide bonds. The maximum absolute atomic E-state index is 5.66. The zero-order chi connectivity index (χ0) is 13.1. The number of epoxide rings is 1. The number of allylic oxidation sites excluding steroid dienone is 4. The Morgan fingerprint density at radius 3 is 2.61 bits per heavy atom. The van der Waals surface area contributed by atoms with Gasteiger partial charge in [-0.1, -0.05) is 50.1 Å². The van der Waals surface area contributed by atoms with Gasteiger partial charge in [0.05, 0.1) is 12.2 Å². The van der Waals surface area contributed by atoms with E-state index in [0.29, 0.717) is 12.2 Å². The van der Waals surface area contributed by atoms with Gasteiger partial charge < -0.3 is 4.74 Å². The number of ether oxygens (including phenoxy) is 1. The van der Waals surface area contributed by atoms with Crippen LogP contribution in [0, 0.1) is 0 Å². The van der Waals surface area contributed by atoms with Crippen molar-refractivity contribution in [2.24, 2.45) is 0 Å². The molecule has 0 saturated carbocycles. The average Bonchev–Trinajstić information content (AvgIpc) is 3.12. The molecule has 0 aromatic rings. The molecule has 1 fully saturated rings. The normalized spacial score (nSPS) is 22.9. The molecular formula is C17H28O. The summed E-state index contributed by atoms with van der Waals surface area (Å²) in [5.74, 6) is 0. The molecule has 0 N–H and O–H groups in total. The van der Waals surface area contributed by atoms with Gasteiger partial charge in [-0.15, -0.1) is 6.58 Å². The summed E-state index contributed by atoms with van der Waals surface area (Å²) in [7, 11) is 0. The van der Waals surface area contributed by atoms with E-state index >= 15 is 0 Å². The van der Waals surface area contributed by atoms with Crippen molar-refractivity contribution in [2.75, 3.05) is 0 Å². The number of hydrogen-bond donors (Lipinski definition) is 0. The molecule has 1 rings (SSSR count). The van der Waals surface area contributed by atoms with Crippen LogP contribution in [0.2, 0.25) is 0 Å². The highest BCUT2D eigenvalue weighted by Gasteiger charge is 2.36. The first-order chi connectivity index (χ1) is 8.88. The Labute approximate surface area is 113 Å². The maximum Gasteiger partial charge on any atom is 0.0876 e. The van der Waals surface area contributed by atoms with Crippen LogP contribution in [0.5, 0.6) is 0 Å². The molecule has 1 heteroatoms. The second-order valence-electron chi connectivity index (χ2n) is 4.96. The van der Waals surface area contributed by atoms with E-state index in [1.54, 1.807) is 0 Å². The summed E-state index contributed by atoms with van der Waals surface area (Å²) in [6.07, 6.45) is 21.6. The second-order valence-corrected chi connectivity index (χ2v) is 4.96. The van der Waals surface area contributed by atoms with Gasteiger partial charge in [-0.05, 0) is 38.5 Å². The molecule has 2 atom stereocenters. The highest BCUT2D eigenvalue weighted by molar-refractivity contribution is 4.97. The van der Waals surface area contributed by atoms with Gasteiger partial charge in [0, 0.05) is 0 Å². The van der Waals surface area contributed by atoms with Crippen molar-refractivity contribution in [2.45, 2.75) is 70.5 Å². The topological polar surface area (TPSA) is 12.5 Å². The van der Waals surface area contributed by atoms with Crippen molar-refractivity contribution in [1.29, 1.82) is 0 Å². The van der Waals surface area contributed by atoms with E-state index in [2.05, 4.69) is 37.8 Å². The quantitative estimate of drug-likeness (QED) is 0.278. The Morgan fingerprint density at radius 2 is 1.83 bits per heavy atom. The Kier molecular flexibility index (Phi) is 8.58. The molecule has 0 aliphatic carbocycles. The van der Waals surface area contributed by atoms with Crippen LogP contribution in [0.25, 0.3) is 0 Å². The third-order valence-electron chi connectivity index (χ3n) is 3.29. The van der Waals surface area contributed by atoms with Crippen molar-refractivity contribution in [3.63, 3.8) is 0 Å². The monoisotopic (exact) mass is 248 g/mol. The summed E-state index contributed by atoms with van der Waals surface area (Å²) in [6.45, 7) is 5.91. The highest BCUT2D eigenvalue weighted by Crippen LogP contribution is 2.30. The summed E-state index contributed by atoms with van der Waals surface area (Å²) in [5, 5.41) is 0. The van der Waals surface area contributed by atoms with E-state index in [9.17, 15) is 0 Å². The lowest BCUT2D eigenvalue weighted by Crippen LogP contribution is -1.92. The molecule has 0 aromatic heterocycles. The molecule has 1 nitrogen and oxygen atoms in total. The lowest BCUT2D eigenvalue weighted by atomic mass is 10.1. The standard InChI is InChI=1S/C17H28O/c1-3-5-7-9-11-13-15-17-16(18-17)14-12-10-8-6-4-2/h4-5,7,11,13,16-17H,2-3,6,8-10,12,14-15H2,1H3/t16-,17+/m1/s1. The molecule has 102 valence electrons. The van der Waals surface area contributed by atoms with E-state index in [1.807, 2.05) is 6.08 Å². The van der Waals surface area contributed by atoms with Gasteiger partial charge in [-0.2, -0.15) is 0 Å². The average molecular weight is 248 g/mol. The Morgan fingerprint density at radius 1 is 1.00 bits per heavy atom. The smallest absolute Gasteiger partial charge is 0.0876 e. The van der Waals surface area contributed by atoms with Crippen LogP contribution < -0.4 is 0 Å². The predicted molar refractivity (Wildman–Crippen MR) is 79.7 cm³/mol. The van der Waals surface area contributed by atoms with Gasteiger partial charge in [-0.25, -0.2) is 0 Å². The third kappa shape index (κ3) is 7.50. The summed E-state index contributed by atoms with van der Waals surface area (Å²) < 4.78 is 5.66. The molecule has 1 saturated heterocycles. The number of hydrogen-bond acceptors (Lipinski definition) is 1.